The van der Waals surface area contributed by atoms with Gasteiger partial charge in [0, 0.05) is 33.2 Å². The lowest BCUT2D eigenvalue weighted by Crippen LogP contribution is -2.00. The monoisotopic (exact) mass is 706 g/mol. The molecule has 4 nitrogen and oxygen atoms in total. The maximum absolute atomic E-state index is 9.11. The zero-order valence-corrected chi connectivity index (χ0v) is 29.6. The van der Waals surface area contributed by atoms with Crippen molar-refractivity contribution in [2.24, 2.45) is 0 Å². The van der Waals surface area contributed by atoms with E-state index in [2.05, 4.69) is 48.5 Å². The first-order valence-corrected chi connectivity index (χ1v) is 18.2. The van der Waals surface area contributed by atoms with Crippen molar-refractivity contribution in [2.75, 3.05) is 0 Å². The summed E-state index contributed by atoms with van der Waals surface area (Å²) in [6.45, 7) is 0. The van der Waals surface area contributed by atoms with Gasteiger partial charge >= 0.3 is 0 Å². The first kappa shape index (κ1) is 28.1. The number of para-hydroxylation sites is 1. The van der Waals surface area contributed by atoms with Crippen LogP contribution in [0, 0.1) is 0 Å². The van der Waals surface area contributed by atoms with Crippen LogP contribution in [-0.4, -0.2) is 19.5 Å². The van der Waals surface area contributed by atoms with Crippen LogP contribution in [0.2, 0.25) is 0 Å². The predicted molar refractivity (Wildman–Crippen MR) is 227 cm³/mol. The second-order valence-corrected chi connectivity index (χ2v) is 13.4. The zero-order chi connectivity index (χ0) is 40.0. The molecule has 0 aliphatic rings. The molecule has 8 aromatic carbocycles. The molecule has 0 unspecified atom stereocenters. The summed E-state index contributed by atoms with van der Waals surface area (Å²) in [6.07, 6.45) is 0. The Bertz CT molecular complexity index is 3090. The third-order valence-corrected chi connectivity index (χ3v) is 10.0. The molecule has 0 aliphatic heterocycles. The molecular formula is C51H34N4. The van der Waals surface area contributed by atoms with E-state index >= 15 is 0 Å². The Morgan fingerprint density at radius 2 is 0.764 bits per heavy atom. The van der Waals surface area contributed by atoms with E-state index < -0.39 is 0 Å². The third kappa shape index (κ3) is 6.06. The molecule has 0 spiro atoms. The Labute approximate surface area is 325 Å². The van der Waals surface area contributed by atoms with Crippen LogP contribution < -0.4 is 0 Å². The summed E-state index contributed by atoms with van der Waals surface area (Å²) >= 11 is 0. The number of hydrogen-bond acceptors (Lipinski definition) is 3. The van der Waals surface area contributed by atoms with E-state index in [9.17, 15) is 0 Å². The molecule has 4 heteroatoms. The van der Waals surface area contributed by atoms with Crippen LogP contribution in [-0.2, 0) is 0 Å². The molecule has 0 bridgehead atoms. The highest BCUT2D eigenvalue weighted by atomic mass is 15.0. The Morgan fingerprint density at radius 1 is 0.345 bits per heavy atom. The van der Waals surface area contributed by atoms with E-state index in [0.29, 0.717) is 28.4 Å². The molecule has 2 heterocycles. The summed E-state index contributed by atoms with van der Waals surface area (Å²) in [5, 5.41) is 1.28. The SMILES string of the molecule is [2H]c1c([2H])c([2H])c2c(c1[2H])c1c(-c3ccc(-c4ccccc4)cc3)cccc1n2-c1ccc(-c2ccc(-c3nc(-c4ccccc4)nc(-c4ccccc4)n3)cc2)cc1. The number of aromatic nitrogens is 4. The van der Waals surface area contributed by atoms with Crippen LogP contribution in [0.5, 0.6) is 0 Å². The average molecular weight is 707 g/mol. The van der Waals surface area contributed by atoms with Crippen LogP contribution in [0.4, 0.5) is 0 Å². The fraction of sp³-hybridized carbons (Fsp3) is 0. The Morgan fingerprint density at radius 3 is 1.31 bits per heavy atom. The summed E-state index contributed by atoms with van der Waals surface area (Å²) in [5.74, 6) is 1.80. The molecule has 10 aromatic rings. The molecule has 258 valence electrons. The normalized spacial score (nSPS) is 12.3. The zero-order valence-electron chi connectivity index (χ0n) is 33.6. The molecule has 2 aromatic heterocycles. The molecule has 10 rings (SSSR count). The third-order valence-electron chi connectivity index (χ3n) is 10.0. The van der Waals surface area contributed by atoms with Gasteiger partial charge in [-0.2, -0.15) is 0 Å². The second-order valence-electron chi connectivity index (χ2n) is 13.4. The van der Waals surface area contributed by atoms with Crippen LogP contribution in [0.1, 0.15) is 5.48 Å². The van der Waals surface area contributed by atoms with Gasteiger partial charge in [-0.1, -0.05) is 182 Å². The number of nitrogens with zero attached hydrogens (tertiary/aromatic N) is 4. The Hall–Kier alpha value is -7.43. The van der Waals surface area contributed by atoms with Gasteiger partial charge in [0.1, 0.15) is 0 Å². The minimum atomic E-state index is -0.262. The quantitative estimate of drug-likeness (QED) is 0.166. The molecule has 0 saturated carbocycles. The van der Waals surface area contributed by atoms with Crippen molar-refractivity contribution in [1.29, 1.82) is 0 Å². The van der Waals surface area contributed by atoms with Crippen molar-refractivity contribution < 1.29 is 5.48 Å². The molecule has 0 aliphatic carbocycles. The summed E-state index contributed by atoms with van der Waals surface area (Å²) < 4.78 is 37.5. The van der Waals surface area contributed by atoms with Crippen LogP contribution >= 0.6 is 0 Å². The largest absolute Gasteiger partial charge is 0.309 e. The van der Waals surface area contributed by atoms with Gasteiger partial charge in [-0.05, 0) is 57.6 Å². The summed E-state index contributed by atoms with van der Waals surface area (Å²) in [6, 6.07) is 60.1. The predicted octanol–water partition coefficient (Wildman–Crippen LogP) is 13.0. The molecule has 0 radical (unpaired) electrons. The van der Waals surface area contributed by atoms with Crippen molar-refractivity contribution in [2.45, 2.75) is 0 Å². The van der Waals surface area contributed by atoms with Crippen molar-refractivity contribution >= 4 is 21.8 Å². The van der Waals surface area contributed by atoms with Gasteiger partial charge in [0.05, 0.1) is 16.5 Å². The number of rotatable bonds is 7. The topological polar surface area (TPSA) is 43.6 Å². The van der Waals surface area contributed by atoms with Gasteiger partial charge in [0.2, 0.25) is 0 Å². The summed E-state index contributed by atoms with van der Waals surface area (Å²) in [4.78, 5) is 14.6. The summed E-state index contributed by atoms with van der Waals surface area (Å²) in [5.41, 5.74) is 10.8. The van der Waals surface area contributed by atoms with Gasteiger partial charge in [-0.25, -0.2) is 15.0 Å². The van der Waals surface area contributed by atoms with Crippen molar-refractivity contribution in [3.8, 4) is 73.2 Å². The fourth-order valence-electron chi connectivity index (χ4n) is 7.30. The van der Waals surface area contributed by atoms with Gasteiger partial charge in [-0.3, -0.25) is 0 Å². The minimum Gasteiger partial charge on any atom is -0.309 e. The first-order chi connectivity index (χ1) is 28.9. The maximum Gasteiger partial charge on any atom is 0.164 e. The van der Waals surface area contributed by atoms with Crippen molar-refractivity contribution in [1.82, 2.24) is 19.5 Å². The molecule has 0 atom stereocenters. The molecule has 0 saturated heterocycles. The van der Waals surface area contributed by atoms with Crippen LogP contribution in [0.15, 0.2) is 206 Å². The van der Waals surface area contributed by atoms with E-state index in [-0.39, 0.29) is 24.2 Å². The average Bonchev–Trinajstić information content (AvgIpc) is 3.67. The standard InChI is InChI=1S/C51H34N4/c1-4-13-35(14-5-1)36-23-27-39(28-24-36)44-20-12-22-47-48(44)45-19-10-11-21-46(45)55(47)43-33-31-38(32-34-43)37-25-29-42(30-26-37)51-53-49(40-15-6-2-7-16-40)52-50(54-51)41-17-8-3-9-18-41/h1-34H/i10D,11D,19D,21D. The van der Waals surface area contributed by atoms with E-state index in [1.807, 2.05) is 138 Å². The Kier molecular flexibility index (Phi) is 7.08. The highest BCUT2D eigenvalue weighted by Crippen LogP contribution is 2.39. The highest BCUT2D eigenvalue weighted by Gasteiger charge is 2.17. The van der Waals surface area contributed by atoms with Gasteiger partial charge in [0.15, 0.2) is 17.5 Å². The van der Waals surface area contributed by atoms with Gasteiger partial charge in [-0.15, -0.1) is 0 Å². The minimum absolute atomic E-state index is 0.0558. The van der Waals surface area contributed by atoms with Crippen molar-refractivity contribution in [3.63, 3.8) is 0 Å². The van der Waals surface area contributed by atoms with Crippen LogP contribution in [0.3, 0.4) is 0 Å². The second kappa shape index (κ2) is 13.8. The van der Waals surface area contributed by atoms with Crippen LogP contribution in [0.25, 0.3) is 95.0 Å². The molecule has 0 amide bonds. The summed E-state index contributed by atoms with van der Waals surface area (Å²) in [7, 11) is 0. The number of fused-ring (bicyclic) bond motifs is 3. The highest BCUT2D eigenvalue weighted by molar-refractivity contribution is 6.15. The van der Waals surface area contributed by atoms with Gasteiger partial charge in [0.25, 0.3) is 0 Å². The number of benzene rings is 8. The molecule has 0 N–H and O–H groups in total. The Balaban J connectivity index is 1.04. The first-order valence-electron chi connectivity index (χ1n) is 20.2. The van der Waals surface area contributed by atoms with E-state index in [1.165, 1.54) is 0 Å². The maximum atomic E-state index is 9.11. The van der Waals surface area contributed by atoms with E-state index in [0.717, 1.165) is 66.7 Å². The lowest BCUT2D eigenvalue weighted by atomic mass is 9.97. The molecular weight excluding hydrogens is 669 g/mol. The van der Waals surface area contributed by atoms with Crippen molar-refractivity contribution in [3.05, 3.63) is 206 Å². The fourth-order valence-corrected chi connectivity index (χ4v) is 7.30. The van der Waals surface area contributed by atoms with E-state index in [4.69, 9.17) is 20.4 Å². The lowest BCUT2D eigenvalue weighted by molar-refractivity contribution is 1.07. The molecule has 55 heavy (non-hydrogen) atoms. The number of hydrogen-bond donors (Lipinski definition) is 0. The smallest absolute Gasteiger partial charge is 0.164 e. The van der Waals surface area contributed by atoms with E-state index in [1.54, 1.807) is 0 Å². The van der Waals surface area contributed by atoms with Gasteiger partial charge < -0.3 is 4.57 Å². The molecule has 0 fully saturated rings. The lowest BCUT2D eigenvalue weighted by Gasteiger charge is -2.11.